The molecule has 0 aliphatic carbocycles. The van der Waals surface area contributed by atoms with Gasteiger partial charge in [-0.3, -0.25) is 4.39 Å². The lowest BCUT2D eigenvalue weighted by atomic mass is 10.2. The second-order valence-corrected chi connectivity index (χ2v) is 2.70. The predicted octanol–water partition coefficient (Wildman–Crippen LogP) is 2.73. The first-order chi connectivity index (χ1) is 5.83. The molecule has 1 aromatic rings. The van der Waals surface area contributed by atoms with Gasteiger partial charge in [0.25, 0.3) is 0 Å². The van der Waals surface area contributed by atoms with Crippen molar-refractivity contribution in [3.63, 3.8) is 0 Å². The first-order valence-corrected chi connectivity index (χ1v) is 4.08. The molecule has 1 nitrogen and oxygen atoms in total. The van der Waals surface area contributed by atoms with Crippen molar-refractivity contribution in [2.75, 3.05) is 13.3 Å². The number of benzene rings is 1. The van der Waals surface area contributed by atoms with E-state index in [0.29, 0.717) is 13.0 Å². The monoisotopic (exact) mass is 168 g/mol. The number of rotatable bonds is 4. The van der Waals surface area contributed by atoms with Crippen LogP contribution in [0.1, 0.15) is 12.0 Å². The van der Waals surface area contributed by atoms with Crippen molar-refractivity contribution in [2.24, 2.45) is 0 Å². The van der Waals surface area contributed by atoms with Gasteiger partial charge in [-0.1, -0.05) is 17.7 Å². The summed E-state index contributed by atoms with van der Waals surface area (Å²) < 4.78 is 16.9. The molecule has 0 amide bonds. The smallest absolute Gasteiger partial charge is 0.119 e. The lowest BCUT2D eigenvalue weighted by Crippen LogP contribution is -1.97. The standard InChI is InChI=1S/C10H13FO/c1-9-3-5-10(6-4-9)12-8-2-7-11/h3-6H,2,7-8H2,1H3. The van der Waals surface area contributed by atoms with E-state index in [1.54, 1.807) is 0 Å². The van der Waals surface area contributed by atoms with E-state index in [1.165, 1.54) is 5.56 Å². The first-order valence-electron chi connectivity index (χ1n) is 4.08. The Hall–Kier alpha value is -1.05. The molecule has 1 aromatic carbocycles. The van der Waals surface area contributed by atoms with Crippen LogP contribution in [-0.2, 0) is 0 Å². The van der Waals surface area contributed by atoms with Gasteiger partial charge in [0.1, 0.15) is 5.75 Å². The molecule has 0 spiro atoms. The largest absolute Gasteiger partial charge is 0.494 e. The number of hydrogen-bond acceptors (Lipinski definition) is 1. The molecule has 0 aliphatic rings. The van der Waals surface area contributed by atoms with Crippen LogP contribution < -0.4 is 4.74 Å². The molecule has 0 aliphatic heterocycles. The molecule has 0 unspecified atom stereocenters. The third-order valence-electron chi connectivity index (χ3n) is 1.57. The second kappa shape index (κ2) is 4.75. The van der Waals surface area contributed by atoms with Crippen LogP contribution in [0.4, 0.5) is 4.39 Å². The van der Waals surface area contributed by atoms with Crippen molar-refractivity contribution in [3.05, 3.63) is 29.8 Å². The highest BCUT2D eigenvalue weighted by molar-refractivity contribution is 5.26. The molecule has 0 fully saturated rings. The van der Waals surface area contributed by atoms with E-state index in [9.17, 15) is 4.39 Å². The van der Waals surface area contributed by atoms with E-state index < -0.39 is 0 Å². The van der Waals surface area contributed by atoms with E-state index in [1.807, 2.05) is 31.2 Å². The van der Waals surface area contributed by atoms with Crippen LogP contribution in [0, 0.1) is 6.92 Å². The van der Waals surface area contributed by atoms with Gasteiger partial charge < -0.3 is 4.74 Å². The molecule has 66 valence electrons. The Labute approximate surface area is 72.2 Å². The summed E-state index contributed by atoms with van der Waals surface area (Å²) in [6.07, 6.45) is 0.466. The molecular weight excluding hydrogens is 155 g/mol. The maximum Gasteiger partial charge on any atom is 0.119 e. The van der Waals surface area contributed by atoms with Crippen molar-refractivity contribution in [2.45, 2.75) is 13.3 Å². The number of hydrogen-bond donors (Lipinski definition) is 0. The maximum absolute atomic E-state index is 11.7. The summed E-state index contributed by atoms with van der Waals surface area (Å²) in [4.78, 5) is 0. The predicted molar refractivity (Wildman–Crippen MR) is 47.3 cm³/mol. The molecule has 0 saturated heterocycles. The summed E-state index contributed by atoms with van der Waals surface area (Å²) in [5.74, 6) is 0.814. The average molecular weight is 168 g/mol. The van der Waals surface area contributed by atoms with E-state index in [4.69, 9.17) is 4.74 Å². The molecule has 0 aromatic heterocycles. The van der Waals surface area contributed by atoms with Gasteiger partial charge in [0.05, 0.1) is 13.3 Å². The van der Waals surface area contributed by atoms with Gasteiger partial charge in [0.15, 0.2) is 0 Å². The molecular formula is C10H13FO. The Morgan fingerprint density at radius 2 is 1.92 bits per heavy atom. The molecule has 0 heterocycles. The van der Waals surface area contributed by atoms with Gasteiger partial charge in [-0.25, -0.2) is 0 Å². The van der Waals surface area contributed by atoms with E-state index >= 15 is 0 Å². The first kappa shape index (κ1) is 9.04. The Morgan fingerprint density at radius 1 is 1.25 bits per heavy atom. The fraction of sp³-hybridized carbons (Fsp3) is 0.400. The van der Waals surface area contributed by atoms with E-state index in [2.05, 4.69) is 0 Å². The fourth-order valence-corrected chi connectivity index (χ4v) is 0.879. The minimum Gasteiger partial charge on any atom is -0.494 e. The Kier molecular flexibility index (Phi) is 3.58. The Bertz CT molecular complexity index is 218. The number of ether oxygens (including phenoxy) is 1. The highest BCUT2D eigenvalue weighted by Gasteiger charge is 1.91. The highest BCUT2D eigenvalue weighted by atomic mass is 19.1. The van der Waals surface area contributed by atoms with Crippen molar-refractivity contribution in [1.29, 1.82) is 0 Å². The SMILES string of the molecule is Cc1ccc(OCCCF)cc1. The number of halogens is 1. The topological polar surface area (TPSA) is 9.23 Å². The average Bonchev–Trinajstić information content (AvgIpc) is 2.09. The van der Waals surface area contributed by atoms with Crippen molar-refractivity contribution in [1.82, 2.24) is 0 Å². The second-order valence-electron chi connectivity index (χ2n) is 2.70. The summed E-state index contributed by atoms with van der Waals surface area (Å²) in [7, 11) is 0. The van der Waals surface area contributed by atoms with Crippen LogP contribution >= 0.6 is 0 Å². The lowest BCUT2D eigenvalue weighted by molar-refractivity contribution is 0.289. The summed E-state index contributed by atoms with van der Waals surface area (Å²) in [5, 5.41) is 0. The molecule has 0 atom stereocenters. The van der Waals surface area contributed by atoms with Gasteiger partial charge in [0, 0.05) is 6.42 Å². The molecule has 1 rings (SSSR count). The zero-order valence-electron chi connectivity index (χ0n) is 7.22. The van der Waals surface area contributed by atoms with Crippen LogP contribution in [0.2, 0.25) is 0 Å². The van der Waals surface area contributed by atoms with Gasteiger partial charge in [-0.2, -0.15) is 0 Å². The van der Waals surface area contributed by atoms with Crippen molar-refractivity contribution < 1.29 is 9.13 Å². The summed E-state index contributed by atoms with van der Waals surface area (Å²) in [6, 6.07) is 7.75. The van der Waals surface area contributed by atoms with E-state index in [0.717, 1.165) is 5.75 Å². The number of alkyl halides is 1. The van der Waals surface area contributed by atoms with Crippen LogP contribution in [-0.4, -0.2) is 13.3 Å². The zero-order chi connectivity index (χ0) is 8.81. The Balaban J connectivity index is 2.37. The minimum absolute atomic E-state index is 0.314. The zero-order valence-corrected chi connectivity index (χ0v) is 7.22. The molecule has 12 heavy (non-hydrogen) atoms. The van der Waals surface area contributed by atoms with Gasteiger partial charge in [-0.05, 0) is 19.1 Å². The molecule has 0 radical (unpaired) electrons. The van der Waals surface area contributed by atoms with Crippen molar-refractivity contribution in [3.8, 4) is 5.75 Å². The highest BCUT2D eigenvalue weighted by Crippen LogP contribution is 2.11. The van der Waals surface area contributed by atoms with Crippen molar-refractivity contribution >= 4 is 0 Å². The summed E-state index contributed by atoms with van der Waals surface area (Å²) >= 11 is 0. The fourth-order valence-electron chi connectivity index (χ4n) is 0.879. The molecule has 0 bridgehead atoms. The lowest BCUT2D eigenvalue weighted by Gasteiger charge is -2.03. The molecule has 0 N–H and O–H groups in total. The van der Waals surface area contributed by atoms with Crippen LogP contribution in [0.3, 0.4) is 0 Å². The third-order valence-corrected chi connectivity index (χ3v) is 1.57. The van der Waals surface area contributed by atoms with Gasteiger partial charge in [-0.15, -0.1) is 0 Å². The van der Waals surface area contributed by atoms with Gasteiger partial charge in [0.2, 0.25) is 0 Å². The Morgan fingerprint density at radius 3 is 2.50 bits per heavy atom. The summed E-state index contributed by atoms with van der Waals surface area (Å²) in [5.41, 5.74) is 1.20. The quantitative estimate of drug-likeness (QED) is 0.628. The van der Waals surface area contributed by atoms with Gasteiger partial charge >= 0.3 is 0 Å². The van der Waals surface area contributed by atoms with Crippen LogP contribution in [0.15, 0.2) is 24.3 Å². The van der Waals surface area contributed by atoms with Crippen LogP contribution in [0.25, 0.3) is 0 Å². The third kappa shape index (κ3) is 2.91. The molecule has 2 heteroatoms. The van der Waals surface area contributed by atoms with E-state index in [-0.39, 0.29) is 6.67 Å². The maximum atomic E-state index is 11.7. The molecule has 0 saturated carbocycles. The minimum atomic E-state index is -0.314. The van der Waals surface area contributed by atoms with Crippen LogP contribution in [0.5, 0.6) is 5.75 Å². The summed E-state index contributed by atoms with van der Waals surface area (Å²) in [6.45, 7) is 2.16. The number of aryl methyl sites for hydroxylation is 1. The normalized spacial score (nSPS) is 9.83.